The van der Waals surface area contributed by atoms with E-state index >= 15 is 0 Å². The van der Waals surface area contributed by atoms with Crippen molar-refractivity contribution in [1.82, 2.24) is 15.3 Å². The van der Waals surface area contributed by atoms with Crippen LogP contribution < -0.4 is 15.5 Å². The molecular formula is C26H31N5O. The Bertz CT molecular complexity index is 1100. The van der Waals surface area contributed by atoms with Crippen LogP contribution in [0.15, 0.2) is 60.2 Å². The number of hydrogen-bond donors (Lipinski definition) is 2. The zero-order chi connectivity index (χ0) is 22.5. The smallest absolute Gasteiger partial charge is 0.247 e. The van der Waals surface area contributed by atoms with Gasteiger partial charge in [-0.2, -0.15) is 4.98 Å². The highest BCUT2D eigenvalue weighted by atomic mass is 16.1. The summed E-state index contributed by atoms with van der Waals surface area (Å²) >= 11 is 0. The Kier molecular flexibility index (Phi) is 6.69. The molecule has 0 bridgehead atoms. The van der Waals surface area contributed by atoms with Crippen LogP contribution in [0.5, 0.6) is 0 Å². The fourth-order valence-corrected chi connectivity index (χ4v) is 4.19. The summed E-state index contributed by atoms with van der Waals surface area (Å²) < 4.78 is 0. The molecule has 0 saturated heterocycles. The van der Waals surface area contributed by atoms with Gasteiger partial charge in [-0.3, -0.25) is 4.79 Å². The van der Waals surface area contributed by atoms with E-state index in [0.717, 1.165) is 53.5 Å². The topological polar surface area (TPSA) is 70.2 Å². The van der Waals surface area contributed by atoms with Crippen LogP contribution >= 0.6 is 0 Å². The van der Waals surface area contributed by atoms with Gasteiger partial charge in [0.1, 0.15) is 5.82 Å². The first-order valence-corrected chi connectivity index (χ1v) is 11.2. The van der Waals surface area contributed by atoms with E-state index in [1.165, 1.54) is 0 Å². The van der Waals surface area contributed by atoms with Crippen molar-refractivity contribution in [1.29, 1.82) is 0 Å². The molecule has 166 valence electrons. The third kappa shape index (κ3) is 5.25. The van der Waals surface area contributed by atoms with E-state index < -0.39 is 0 Å². The fourth-order valence-electron chi connectivity index (χ4n) is 4.19. The van der Waals surface area contributed by atoms with Crippen molar-refractivity contribution in [2.45, 2.75) is 44.7 Å². The molecule has 6 heteroatoms. The molecule has 0 atom stereocenters. The maximum Gasteiger partial charge on any atom is 0.247 e. The monoisotopic (exact) mass is 429 g/mol. The molecule has 0 radical (unpaired) electrons. The van der Waals surface area contributed by atoms with Gasteiger partial charge in [0, 0.05) is 37.1 Å². The first-order valence-electron chi connectivity index (χ1n) is 11.2. The van der Waals surface area contributed by atoms with E-state index in [-0.39, 0.29) is 11.9 Å². The normalized spacial score (nSPS) is 18.9. The molecular weight excluding hydrogens is 398 g/mol. The van der Waals surface area contributed by atoms with E-state index in [1.54, 1.807) is 0 Å². The Balaban J connectivity index is 1.34. The Morgan fingerprint density at radius 2 is 1.59 bits per heavy atom. The summed E-state index contributed by atoms with van der Waals surface area (Å²) in [6, 6.07) is 18.5. The van der Waals surface area contributed by atoms with E-state index in [4.69, 9.17) is 9.97 Å². The molecule has 0 aliphatic heterocycles. The predicted octanol–water partition coefficient (Wildman–Crippen LogP) is 4.64. The average molecular weight is 430 g/mol. The number of para-hydroxylation sites is 1. The van der Waals surface area contributed by atoms with Crippen LogP contribution in [0.25, 0.3) is 17.0 Å². The number of carbonyl (C=O) groups is 1. The summed E-state index contributed by atoms with van der Waals surface area (Å²) in [5.41, 5.74) is 2.72. The van der Waals surface area contributed by atoms with Crippen molar-refractivity contribution in [3.8, 4) is 0 Å². The summed E-state index contributed by atoms with van der Waals surface area (Å²) in [6.45, 7) is 1.87. The van der Waals surface area contributed by atoms with Crippen LogP contribution in [0.2, 0.25) is 0 Å². The van der Waals surface area contributed by atoms with Gasteiger partial charge in [-0.05, 0) is 56.4 Å². The highest BCUT2D eigenvalue weighted by molar-refractivity contribution is 5.97. The second-order valence-electron chi connectivity index (χ2n) is 8.69. The Labute approximate surface area is 189 Å². The molecule has 1 heterocycles. The highest BCUT2D eigenvalue weighted by Gasteiger charge is 2.23. The SMILES string of the molecule is C/C(=C\c1ccccc1)C(=O)N[C@H]1CC[C@@H](Nc2nc(N(C)C)c3ccccc3n2)CC1. The van der Waals surface area contributed by atoms with Gasteiger partial charge >= 0.3 is 0 Å². The van der Waals surface area contributed by atoms with Crippen molar-refractivity contribution >= 4 is 34.7 Å². The molecule has 3 aromatic rings. The number of benzene rings is 2. The fraction of sp³-hybridized carbons (Fsp3) is 0.346. The molecule has 2 N–H and O–H groups in total. The number of rotatable bonds is 6. The molecule has 32 heavy (non-hydrogen) atoms. The molecule has 6 nitrogen and oxygen atoms in total. The van der Waals surface area contributed by atoms with E-state index in [1.807, 2.05) is 80.5 Å². The Morgan fingerprint density at radius 1 is 0.938 bits per heavy atom. The Hall–Kier alpha value is -3.41. The van der Waals surface area contributed by atoms with Gasteiger partial charge in [0.2, 0.25) is 11.9 Å². The summed E-state index contributed by atoms with van der Waals surface area (Å²) in [4.78, 5) is 24.1. The van der Waals surface area contributed by atoms with Crippen LogP contribution in [0, 0.1) is 0 Å². The molecule has 1 aliphatic rings. The van der Waals surface area contributed by atoms with E-state index in [9.17, 15) is 4.79 Å². The maximum absolute atomic E-state index is 12.6. The van der Waals surface area contributed by atoms with Gasteiger partial charge in [-0.25, -0.2) is 4.98 Å². The van der Waals surface area contributed by atoms with Crippen molar-refractivity contribution in [2.24, 2.45) is 0 Å². The number of fused-ring (bicyclic) bond motifs is 1. The minimum absolute atomic E-state index is 0.0127. The third-order valence-corrected chi connectivity index (χ3v) is 5.94. The lowest BCUT2D eigenvalue weighted by Crippen LogP contribution is -2.40. The van der Waals surface area contributed by atoms with Gasteiger partial charge in [-0.15, -0.1) is 0 Å². The van der Waals surface area contributed by atoms with Crippen molar-refractivity contribution in [3.05, 3.63) is 65.7 Å². The van der Waals surface area contributed by atoms with Crippen LogP contribution in [-0.4, -0.2) is 42.1 Å². The van der Waals surface area contributed by atoms with E-state index in [2.05, 4.69) is 16.7 Å². The Morgan fingerprint density at radius 3 is 2.31 bits per heavy atom. The number of nitrogens with zero attached hydrogens (tertiary/aromatic N) is 3. The molecule has 1 aromatic heterocycles. The van der Waals surface area contributed by atoms with Gasteiger partial charge in [0.05, 0.1) is 5.52 Å². The molecule has 1 aliphatic carbocycles. The summed E-state index contributed by atoms with van der Waals surface area (Å²) in [5.74, 6) is 1.60. The van der Waals surface area contributed by atoms with Crippen LogP contribution in [-0.2, 0) is 4.79 Å². The van der Waals surface area contributed by atoms with Crippen LogP contribution in [0.3, 0.4) is 0 Å². The molecule has 1 amide bonds. The number of nitrogens with one attached hydrogen (secondary N) is 2. The average Bonchev–Trinajstić information content (AvgIpc) is 2.80. The highest BCUT2D eigenvalue weighted by Crippen LogP contribution is 2.26. The zero-order valence-electron chi connectivity index (χ0n) is 19.0. The maximum atomic E-state index is 12.6. The van der Waals surface area contributed by atoms with Gasteiger partial charge in [0.15, 0.2) is 0 Å². The minimum Gasteiger partial charge on any atom is -0.362 e. The number of aromatic nitrogens is 2. The first-order chi connectivity index (χ1) is 15.5. The second-order valence-corrected chi connectivity index (χ2v) is 8.69. The predicted molar refractivity (Wildman–Crippen MR) is 132 cm³/mol. The number of carbonyl (C=O) groups excluding carboxylic acids is 1. The van der Waals surface area contributed by atoms with Gasteiger partial charge in [0.25, 0.3) is 0 Å². The molecule has 4 rings (SSSR count). The largest absolute Gasteiger partial charge is 0.362 e. The quantitative estimate of drug-likeness (QED) is 0.559. The lowest BCUT2D eigenvalue weighted by Gasteiger charge is -2.30. The first kappa shape index (κ1) is 21.8. The van der Waals surface area contributed by atoms with E-state index in [0.29, 0.717) is 12.0 Å². The number of anilines is 2. The molecule has 1 saturated carbocycles. The minimum atomic E-state index is 0.0127. The standard InChI is InChI=1S/C26H31N5O/c1-18(17-19-9-5-4-6-10-19)25(32)27-20-13-15-21(16-14-20)28-26-29-23-12-8-7-11-22(23)24(30-26)31(2)3/h4-12,17,20-21H,13-16H2,1-3H3,(H,27,32)(H,28,29,30)/b18-17+/t20-,21+. The third-order valence-electron chi connectivity index (χ3n) is 5.94. The summed E-state index contributed by atoms with van der Waals surface area (Å²) in [6.07, 6.45) is 5.76. The summed E-state index contributed by atoms with van der Waals surface area (Å²) in [7, 11) is 4.00. The number of amides is 1. The lowest BCUT2D eigenvalue weighted by atomic mass is 9.91. The lowest BCUT2D eigenvalue weighted by molar-refractivity contribution is -0.118. The molecule has 0 spiro atoms. The number of hydrogen-bond acceptors (Lipinski definition) is 5. The van der Waals surface area contributed by atoms with Crippen molar-refractivity contribution in [2.75, 3.05) is 24.3 Å². The molecule has 0 unspecified atom stereocenters. The summed E-state index contributed by atoms with van der Waals surface area (Å²) in [5, 5.41) is 7.77. The van der Waals surface area contributed by atoms with Crippen LogP contribution in [0.1, 0.15) is 38.2 Å². The van der Waals surface area contributed by atoms with Crippen molar-refractivity contribution in [3.63, 3.8) is 0 Å². The molecule has 1 fully saturated rings. The van der Waals surface area contributed by atoms with Crippen LogP contribution in [0.4, 0.5) is 11.8 Å². The van der Waals surface area contributed by atoms with Gasteiger partial charge < -0.3 is 15.5 Å². The second kappa shape index (κ2) is 9.81. The van der Waals surface area contributed by atoms with Crippen molar-refractivity contribution < 1.29 is 4.79 Å². The molecule has 2 aromatic carbocycles. The zero-order valence-corrected chi connectivity index (χ0v) is 19.0. The van der Waals surface area contributed by atoms with Gasteiger partial charge in [-0.1, -0.05) is 42.5 Å².